The highest BCUT2D eigenvalue weighted by molar-refractivity contribution is 6.30. The molecule has 0 amide bonds. The maximum atomic E-state index is 6.10. The average molecular weight is 232 g/mol. The van der Waals surface area contributed by atoms with Crippen LogP contribution in [-0.2, 0) is 18.2 Å². The number of rotatable bonds is 6. The Bertz CT molecular complexity index is 312. The van der Waals surface area contributed by atoms with Crippen LogP contribution in [0.5, 0.6) is 0 Å². The first-order valence-corrected chi connectivity index (χ1v) is 5.42. The van der Waals surface area contributed by atoms with Crippen LogP contribution in [0.4, 0.5) is 0 Å². The van der Waals surface area contributed by atoms with Crippen molar-refractivity contribution < 1.29 is 4.74 Å². The Morgan fingerprint density at radius 1 is 1.47 bits per heavy atom. The van der Waals surface area contributed by atoms with Gasteiger partial charge in [0.25, 0.3) is 0 Å². The van der Waals surface area contributed by atoms with Crippen molar-refractivity contribution in [3.63, 3.8) is 0 Å². The van der Waals surface area contributed by atoms with Crippen LogP contribution in [0.15, 0.2) is 0 Å². The quantitative estimate of drug-likeness (QED) is 0.747. The van der Waals surface area contributed by atoms with Crippen LogP contribution in [0, 0.1) is 6.92 Å². The number of aromatic nitrogens is 2. The summed E-state index contributed by atoms with van der Waals surface area (Å²) in [4.78, 5) is 0. The van der Waals surface area contributed by atoms with Crippen LogP contribution in [0.2, 0.25) is 5.15 Å². The van der Waals surface area contributed by atoms with Crippen LogP contribution in [0.25, 0.3) is 0 Å². The smallest absolute Gasteiger partial charge is 0.130 e. The Labute approximate surface area is 95.6 Å². The SMILES string of the molecule is COCCNCCc1c(C)nn(C)c1Cl. The lowest BCUT2D eigenvalue weighted by Crippen LogP contribution is -2.21. The van der Waals surface area contributed by atoms with E-state index in [9.17, 15) is 0 Å². The summed E-state index contributed by atoms with van der Waals surface area (Å²) in [6.45, 7) is 4.49. The lowest BCUT2D eigenvalue weighted by Gasteiger charge is -2.03. The molecule has 0 atom stereocenters. The fraction of sp³-hybridized carbons (Fsp3) is 0.700. The van der Waals surface area contributed by atoms with Crippen molar-refractivity contribution in [1.29, 1.82) is 0 Å². The van der Waals surface area contributed by atoms with Gasteiger partial charge in [-0.1, -0.05) is 11.6 Å². The van der Waals surface area contributed by atoms with Crippen molar-refractivity contribution in [3.05, 3.63) is 16.4 Å². The Balaban J connectivity index is 2.37. The summed E-state index contributed by atoms with van der Waals surface area (Å²) in [7, 11) is 3.56. The zero-order valence-corrected chi connectivity index (χ0v) is 10.3. The minimum absolute atomic E-state index is 0.736. The number of nitrogens with zero attached hydrogens (tertiary/aromatic N) is 2. The van der Waals surface area contributed by atoms with Crippen LogP contribution < -0.4 is 5.32 Å². The minimum Gasteiger partial charge on any atom is -0.383 e. The lowest BCUT2D eigenvalue weighted by atomic mass is 10.2. The highest BCUT2D eigenvalue weighted by Gasteiger charge is 2.09. The molecule has 0 saturated heterocycles. The van der Waals surface area contributed by atoms with Crippen LogP contribution >= 0.6 is 11.6 Å². The van der Waals surface area contributed by atoms with Gasteiger partial charge < -0.3 is 10.1 Å². The van der Waals surface area contributed by atoms with Crippen molar-refractivity contribution in [3.8, 4) is 0 Å². The molecule has 86 valence electrons. The van der Waals surface area contributed by atoms with Gasteiger partial charge in [0.15, 0.2) is 0 Å². The maximum Gasteiger partial charge on any atom is 0.130 e. The van der Waals surface area contributed by atoms with Crippen molar-refractivity contribution in [2.45, 2.75) is 13.3 Å². The van der Waals surface area contributed by atoms with E-state index in [1.54, 1.807) is 11.8 Å². The molecule has 0 aromatic carbocycles. The molecule has 1 heterocycles. The molecule has 0 fully saturated rings. The molecule has 1 rings (SSSR count). The van der Waals surface area contributed by atoms with Gasteiger partial charge >= 0.3 is 0 Å². The summed E-state index contributed by atoms with van der Waals surface area (Å²) >= 11 is 6.10. The summed E-state index contributed by atoms with van der Waals surface area (Å²) in [6, 6.07) is 0. The first kappa shape index (κ1) is 12.5. The van der Waals surface area contributed by atoms with E-state index in [4.69, 9.17) is 16.3 Å². The number of nitrogens with one attached hydrogen (secondary N) is 1. The van der Waals surface area contributed by atoms with E-state index in [0.717, 1.165) is 42.5 Å². The molecule has 4 nitrogen and oxygen atoms in total. The van der Waals surface area contributed by atoms with Gasteiger partial charge in [-0.15, -0.1) is 0 Å². The van der Waals surface area contributed by atoms with Crippen LogP contribution in [0.1, 0.15) is 11.3 Å². The van der Waals surface area contributed by atoms with Gasteiger partial charge in [-0.3, -0.25) is 4.68 Å². The van der Waals surface area contributed by atoms with Gasteiger partial charge in [-0.2, -0.15) is 5.10 Å². The third kappa shape index (κ3) is 3.48. The number of methoxy groups -OCH3 is 1. The molecule has 0 saturated carbocycles. The lowest BCUT2D eigenvalue weighted by molar-refractivity contribution is 0.199. The molecule has 1 aromatic heterocycles. The van der Waals surface area contributed by atoms with E-state index in [2.05, 4.69) is 10.4 Å². The number of hydrogen-bond donors (Lipinski definition) is 1. The molecule has 0 aliphatic carbocycles. The Hall–Kier alpha value is -0.580. The Morgan fingerprint density at radius 3 is 2.73 bits per heavy atom. The number of halogens is 1. The van der Waals surface area contributed by atoms with Gasteiger partial charge in [0.1, 0.15) is 5.15 Å². The molecular formula is C10H18ClN3O. The van der Waals surface area contributed by atoms with Gasteiger partial charge in [-0.05, 0) is 19.9 Å². The van der Waals surface area contributed by atoms with E-state index in [1.165, 1.54) is 0 Å². The van der Waals surface area contributed by atoms with Gasteiger partial charge in [-0.25, -0.2) is 0 Å². The minimum atomic E-state index is 0.736. The maximum absolute atomic E-state index is 6.10. The van der Waals surface area contributed by atoms with Crippen molar-refractivity contribution in [1.82, 2.24) is 15.1 Å². The first-order chi connectivity index (χ1) is 7.16. The van der Waals surface area contributed by atoms with Crippen LogP contribution in [0.3, 0.4) is 0 Å². The largest absolute Gasteiger partial charge is 0.383 e. The van der Waals surface area contributed by atoms with E-state index in [-0.39, 0.29) is 0 Å². The first-order valence-electron chi connectivity index (χ1n) is 5.04. The fourth-order valence-corrected chi connectivity index (χ4v) is 1.74. The number of aryl methyl sites for hydroxylation is 2. The predicted octanol–water partition coefficient (Wildman–Crippen LogP) is 1.16. The zero-order valence-electron chi connectivity index (χ0n) is 9.51. The summed E-state index contributed by atoms with van der Waals surface area (Å²) in [5.41, 5.74) is 2.14. The molecule has 15 heavy (non-hydrogen) atoms. The molecule has 1 N–H and O–H groups in total. The normalized spacial score (nSPS) is 10.9. The second-order valence-electron chi connectivity index (χ2n) is 3.47. The molecule has 0 radical (unpaired) electrons. The third-order valence-corrected chi connectivity index (χ3v) is 2.78. The molecule has 0 unspecified atom stereocenters. The van der Waals surface area contributed by atoms with Crippen molar-refractivity contribution >= 4 is 11.6 Å². The van der Waals surface area contributed by atoms with E-state index < -0.39 is 0 Å². The van der Waals surface area contributed by atoms with E-state index >= 15 is 0 Å². The van der Waals surface area contributed by atoms with Crippen molar-refractivity contribution in [2.24, 2.45) is 7.05 Å². The highest BCUT2D eigenvalue weighted by Crippen LogP contribution is 2.18. The molecule has 0 bridgehead atoms. The van der Waals surface area contributed by atoms with Crippen molar-refractivity contribution in [2.75, 3.05) is 26.8 Å². The zero-order chi connectivity index (χ0) is 11.3. The highest BCUT2D eigenvalue weighted by atomic mass is 35.5. The van der Waals surface area contributed by atoms with E-state index in [1.807, 2.05) is 14.0 Å². The molecule has 0 aliphatic heterocycles. The number of ether oxygens (including phenoxy) is 1. The Kier molecular flexibility index (Phi) is 5.08. The second kappa shape index (κ2) is 6.10. The van der Waals surface area contributed by atoms with Crippen LogP contribution in [-0.4, -0.2) is 36.6 Å². The van der Waals surface area contributed by atoms with Gasteiger partial charge in [0, 0.05) is 26.3 Å². The Morgan fingerprint density at radius 2 is 2.20 bits per heavy atom. The molecule has 1 aromatic rings. The van der Waals surface area contributed by atoms with Gasteiger partial charge in [0.2, 0.25) is 0 Å². The third-order valence-electron chi connectivity index (χ3n) is 2.30. The monoisotopic (exact) mass is 231 g/mol. The molecule has 5 heteroatoms. The topological polar surface area (TPSA) is 39.1 Å². The summed E-state index contributed by atoms with van der Waals surface area (Å²) in [5.74, 6) is 0. The molecule has 0 aliphatic rings. The summed E-state index contributed by atoms with van der Waals surface area (Å²) < 4.78 is 6.65. The number of hydrogen-bond acceptors (Lipinski definition) is 3. The van der Waals surface area contributed by atoms with Gasteiger partial charge in [0.05, 0.1) is 12.3 Å². The summed E-state index contributed by atoms with van der Waals surface area (Å²) in [5, 5.41) is 8.27. The standard InChI is InChI=1S/C10H18ClN3O/c1-8-9(10(11)14(2)13-8)4-5-12-6-7-15-3/h12H,4-7H2,1-3H3. The van der Waals surface area contributed by atoms with E-state index in [0.29, 0.717) is 0 Å². The summed E-state index contributed by atoms with van der Waals surface area (Å²) in [6.07, 6.45) is 0.905. The molecule has 0 spiro atoms. The predicted molar refractivity (Wildman–Crippen MR) is 61.4 cm³/mol. The fourth-order valence-electron chi connectivity index (χ4n) is 1.47. The molecular weight excluding hydrogens is 214 g/mol. The average Bonchev–Trinajstić information content (AvgIpc) is 2.44. The second-order valence-corrected chi connectivity index (χ2v) is 3.83.